The molecule has 0 spiro atoms. The van der Waals surface area contributed by atoms with Gasteiger partial charge < -0.3 is 10.6 Å². The fourth-order valence-corrected chi connectivity index (χ4v) is 3.94. The number of carbonyl (C=O) groups is 2. The van der Waals surface area contributed by atoms with E-state index in [-0.39, 0.29) is 18.2 Å². The molecule has 0 aromatic heterocycles. The van der Waals surface area contributed by atoms with Gasteiger partial charge in [0.2, 0.25) is 11.8 Å². The third-order valence-corrected chi connectivity index (χ3v) is 5.16. The predicted octanol–water partition coefficient (Wildman–Crippen LogP) is 3.86. The van der Waals surface area contributed by atoms with Gasteiger partial charge >= 0.3 is 0 Å². The molecule has 6 heteroatoms. The number of para-hydroxylation sites is 1. The van der Waals surface area contributed by atoms with Crippen molar-refractivity contribution in [2.75, 3.05) is 5.32 Å². The molecule has 1 saturated heterocycles. The number of nitrogens with one attached hydrogen (secondary N) is 2. The summed E-state index contributed by atoms with van der Waals surface area (Å²) in [5, 5.41) is 5.75. The van der Waals surface area contributed by atoms with Crippen LogP contribution in [0.1, 0.15) is 23.1 Å². The molecule has 1 aliphatic rings. The van der Waals surface area contributed by atoms with Gasteiger partial charge in [-0.2, -0.15) is 0 Å². The van der Waals surface area contributed by atoms with E-state index in [4.69, 9.17) is 0 Å². The SMILES string of the molecule is Cc1cc(C)c(NC(=O)CC2SC(=Nc3ccccc3)NC2=O)c(C)c1. The van der Waals surface area contributed by atoms with Crippen molar-refractivity contribution in [2.24, 2.45) is 4.99 Å². The van der Waals surface area contributed by atoms with Gasteiger partial charge in [0.05, 0.1) is 5.69 Å². The number of nitrogens with zero attached hydrogens (tertiary/aromatic N) is 1. The van der Waals surface area contributed by atoms with Crippen LogP contribution in [0.25, 0.3) is 0 Å². The Kier molecular flexibility index (Phi) is 5.42. The zero-order chi connectivity index (χ0) is 18.7. The number of carbonyl (C=O) groups excluding carboxylic acids is 2. The molecule has 1 heterocycles. The molecule has 1 unspecified atom stereocenters. The van der Waals surface area contributed by atoms with Crippen LogP contribution in [0.2, 0.25) is 0 Å². The molecular formula is C20H21N3O2S. The van der Waals surface area contributed by atoms with Gasteiger partial charge in [-0.1, -0.05) is 47.7 Å². The Hall–Kier alpha value is -2.60. The fourth-order valence-electron chi connectivity index (χ4n) is 2.95. The number of amidine groups is 1. The smallest absolute Gasteiger partial charge is 0.240 e. The molecule has 1 aliphatic heterocycles. The zero-order valence-electron chi connectivity index (χ0n) is 15.0. The van der Waals surface area contributed by atoms with Crippen molar-refractivity contribution in [1.82, 2.24) is 5.32 Å². The Morgan fingerprint density at radius 1 is 1.15 bits per heavy atom. The lowest BCUT2D eigenvalue weighted by Crippen LogP contribution is -2.28. The fraction of sp³-hybridized carbons (Fsp3) is 0.250. The molecule has 1 fully saturated rings. The number of hydrogen-bond acceptors (Lipinski definition) is 4. The first-order chi connectivity index (χ1) is 12.4. The van der Waals surface area contributed by atoms with Crippen LogP contribution >= 0.6 is 11.8 Å². The van der Waals surface area contributed by atoms with Gasteiger partial charge in [-0.3, -0.25) is 9.59 Å². The number of benzene rings is 2. The molecule has 2 aromatic carbocycles. The summed E-state index contributed by atoms with van der Waals surface area (Å²) in [6.07, 6.45) is 0.108. The number of aliphatic imine (C=N–C) groups is 1. The van der Waals surface area contributed by atoms with Crippen LogP contribution in [0, 0.1) is 20.8 Å². The van der Waals surface area contributed by atoms with E-state index in [1.54, 1.807) is 0 Å². The number of hydrogen-bond donors (Lipinski definition) is 2. The Labute approximate surface area is 157 Å². The maximum absolute atomic E-state index is 12.4. The maximum Gasteiger partial charge on any atom is 0.240 e. The van der Waals surface area contributed by atoms with Crippen LogP contribution in [0.15, 0.2) is 47.5 Å². The summed E-state index contributed by atoms with van der Waals surface area (Å²) in [6.45, 7) is 5.97. The Morgan fingerprint density at radius 2 is 1.81 bits per heavy atom. The summed E-state index contributed by atoms with van der Waals surface area (Å²) >= 11 is 1.29. The Morgan fingerprint density at radius 3 is 2.46 bits per heavy atom. The number of anilines is 1. The molecule has 0 bridgehead atoms. The molecule has 0 radical (unpaired) electrons. The second kappa shape index (κ2) is 7.74. The van der Waals surface area contributed by atoms with Gasteiger partial charge in [0.15, 0.2) is 5.17 Å². The molecule has 2 amide bonds. The van der Waals surface area contributed by atoms with Gasteiger partial charge in [-0.25, -0.2) is 4.99 Å². The van der Waals surface area contributed by atoms with Crippen molar-refractivity contribution >= 4 is 40.1 Å². The second-order valence-electron chi connectivity index (χ2n) is 6.37. The second-order valence-corrected chi connectivity index (χ2v) is 7.57. The van der Waals surface area contributed by atoms with Crippen molar-refractivity contribution < 1.29 is 9.59 Å². The summed E-state index contributed by atoms with van der Waals surface area (Å²) in [5.41, 5.74) is 4.79. The average Bonchev–Trinajstić information content (AvgIpc) is 2.91. The molecule has 5 nitrogen and oxygen atoms in total. The standard InChI is InChI=1S/C20H21N3O2S/c1-12-9-13(2)18(14(3)10-12)22-17(24)11-16-19(25)23-20(26-16)21-15-7-5-4-6-8-15/h4-10,16H,11H2,1-3H3,(H,22,24)(H,21,23,25). The topological polar surface area (TPSA) is 70.6 Å². The van der Waals surface area contributed by atoms with Crippen molar-refractivity contribution in [3.05, 3.63) is 59.2 Å². The zero-order valence-corrected chi connectivity index (χ0v) is 15.8. The van der Waals surface area contributed by atoms with Crippen molar-refractivity contribution in [3.8, 4) is 0 Å². The van der Waals surface area contributed by atoms with E-state index >= 15 is 0 Å². The van der Waals surface area contributed by atoms with E-state index in [0.29, 0.717) is 5.17 Å². The van der Waals surface area contributed by atoms with E-state index in [1.165, 1.54) is 11.8 Å². The third kappa shape index (κ3) is 4.32. The van der Waals surface area contributed by atoms with E-state index in [1.807, 2.05) is 63.2 Å². The van der Waals surface area contributed by atoms with Crippen molar-refractivity contribution in [3.63, 3.8) is 0 Å². The van der Waals surface area contributed by atoms with E-state index in [0.717, 1.165) is 28.1 Å². The summed E-state index contributed by atoms with van der Waals surface area (Å²) in [4.78, 5) is 29.0. The summed E-state index contributed by atoms with van der Waals surface area (Å²) in [5.74, 6) is -0.356. The lowest BCUT2D eigenvalue weighted by Gasteiger charge is -2.13. The van der Waals surface area contributed by atoms with Gasteiger partial charge in [0.25, 0.3) is 0 Å². The van der Waals surface area contributed by atoms with E-state index in [9.17, 15) is 9.59 Å². The third-order valence-electron chi connectivity index (χ3n) is 4.08. The van der Waals surface area contributed by atoms with Crippen LogP contribution < -0.4 is 10.6 Å². The molecule has 2 N–H and O–H groups in total. The number of rotatable bonds is 4. The molecular weight excluding hydrogens is 346 g/mol. The Bertz CT molecular complexity index is 855. The minimum absolute atomic E-state index is 0.108. The predicted molar refractivity (Wildman–Crippen MR) is 107 cm³/mol. The number of thioether (sulfide) groups is 1. The molecule has 3 rings (SSSR count). The summed E-state index contributed by atoms with van der Waals surface area (Å²) in [7, 11) is 0. The highest BCUT2D eigenvalue weighted by atomic mass is 32.2. The van der Waals surface area contributed by atoms with Crippen LogP contribution in [0.4, 0.5) is 11.4 Å². The molecule has 0 aliphatic carbocycles. The maximum atomic E-state index is 12.4. The van der Waals surface area contributed by atoms with E-state index < -0.39 is 5.25 Å². The van der Waals surface area contributed by atoms with Crippen LogP contribution in [-0.2, 0) is 9.59 Å². The molecule has 26 heavy (non-hydrogen) atoms. The summed E-state index contributed by atoms with van der Waals surface area (Å²) < 4.78 is 0. The first-order valence-corrected chi connectivity index (χ1v) is 9.29. The number of amides is 2. The monoisotopic (exact) mass is 367 g/mol. The van der Waals surface area contributed by atoms with Gasteiger partial charge in [0.1, 0.15) is 5.25 Å². The van der Waals surface area contributed by atoms with Crippen LogP contribution in [-0.4, -0.2) is 22.2 Å². The van der Waals surface area contributed by atoms with Gasteiger partial charge in [-0.15, -0.1) is 0 Å². The lowest BCUT2D eigenvalue weighted by molar-refractivity contribution is -0.122. The minimum Gasteiger partial charge on any atom is -0.326 e. The van der Waals surface area contributed by atoms with Crippen molar-refractivity contribution in [1.29, 1.82) is 0 Å². The highest BCUT2D eigenvalue weighted by molar-refractivity contribution is 8.15. The minimum atomic E-state index is -0.469. The Balaban J connectivity index is 1.65. The van der Waals surface area contributed by atoms with E-state index in [2.05, 4.69) is 15.6 Å². The normalized spacial score (nSPS) is 18.0. The quantitative estimate of drug-likeness (QED) is 0.862. The molecule has 1 atom stereocenters. The van der Waals surface area contributed by atoms with Crippen molar-refractivity contribution in [2.45, 2.75) is 32.4 Å². The summed E-state index contributed by atoms with van der Waals surface area (Å²) in [6, 6.07) is 13.5. The molecule has 0 saturated carbocycles. The first-order valence-electron chi connectivity index (χ1n) is 8.41. The van der Waals surface area contributed by atoms with Gasteiger partial charge in [-0.05, 0) is 44.0 Å². The van der Waals surface area contributed by atoms with Gasteiger partial charge in [0, 0.05) is 12.1 Å². The average molecular weight is 367 g/mol. The highest BCUT2D eigenvalue weighted by Gasteiger charge is 2.32. The molecule has 2 aromatic rings. The lowest BCUT2D eigenvalue weighted by atomic mass is 10.0. The first kappa shape index (κ1) is 18.2. The van der Waals surface area contributed by atoms with Crippen LogP contribution in [0.5, 0.6) is 0 Å². The largest absolute Gasteiger partial charge is 0.326 e. The molecule has 134 valence electrons. The highest BCUT2D eigenvalue weighted by Crippen LogP contribution is 2.27. The van der Waals surface area contributed by atoms with Crippen LogP contribution in [0.3, 0.4) is 0 Å². The number of aryl methyl sites for hydroxylation is 3.